The highest BCUT2D eigenvalue weighted by Gasteiger charge is 2.37. The van der Waals surface area contributed by atoms with Gasteiger partial charge in [0.15, 0.2) is 23.0 Å². The summed E-state index contributed by atoms with van der Waals surface area (Å²) in [7, 11) is 4.73. The van der Waals surface area contributed by atoms with Crippen LogP contribution in [0.4, 0.5) is 0 Å². The second-order valence-corrected chi connectivity index (χ2v) is 7.80. The lowest BCUT2D eigenvalue weighted by Crippen LogP contribution is -2.20. The molecule has 172 valence electrons. The summed E-state index contributed by atoms with van der Waals surface area (Å²) < 4.78 is 26.9. The van der Waals surface area contributed by atoms with E-state index in [1.54, 1.807) is 20.3 Å². The van der Waals surface area contributed by atoms with Crippen LogP contribution in [0, 0.1) is 11.8 Å². The molecule has 1 aliphatic heterocycles. The Bertz CT molecular complexity index is 953. The van der Waals surface area contributed by atoms with Crippen LogP contribution in [0.15, 0.2) is 36.4 Å². The molecule has 2 aromatic rings. The van der Waals surface area contributed by atoms with E-state index in [9.17, 15) is 9.59 Å². The molecule has 0 unspecified atom stereocenters. The van der Waals surface area contributed by atoms with Crippen LogP contribution in [0.25, 0.3) is 0 Å². The summed E-state index contributed by atoms with van der Waals surface area (Å²) in [5.74, 6) is 1.43. The number of methoxy groups -OCH3 is 3. The third-order valence-electron chi connectivity index (χ3n) is 5.62. The molecule has 0 aliphatic carbocycles. The zero-order valence-electron chi connectivity index (χ0n) is 19.0. The van der Waals surface area contributed by atoms with E-state index in [0.717, 1.165) is 11.1 Å². The summed E-state index contributed by atoms with van der Waals surface area (Å²) in [5, 5.41) is 0. The second kappa shape index (κ2) is 10.9. The normalized spacial score (nSPS) is 17.6. The molecule has 0 aromatic heterocycles. The number of cyclic esters (lactones) is 1. The van der Waals surface area contributed by atoms with Gasteiger partial charge in [-0.2, -0.15) is 0 Å². The highest BCUT2D eigenvalue weighted by atomic mass is 16.6. The monoisotopic (exact) mass is 442 g/mol. The maximum absolute atomic E-state index is 12.5. The van der Waals surface area contributed by atoms with Crippen LogP contribution < -0.4 is 18.9 Å². The molecule has 2 aromatic carbocycles. The summed E-state index contributed by atoms with van der Waals surface area (Å²) in [6, 6.07) is 11.2. The van der Waals surface area contributed by atoms with E-state index in [1.165, 1.54) is 7.11 Å². The average Bonchev–Trinajstić information content (AvgIpc) is 3.13. The molecule has 1 heterocycles. The SMILES string of the molecule is CCCC(=O)Oc1ccc(C[C@H]2C(=O)OC[C@@H]2Cc2ccc(OC)c(OC)c2)cc1OC. The van der Waals surface area contributed by atoms with E-state index in [-0.39, 0.29) is 23.8 Å². The molecule has 0 bridgehead atoms. The Hall–Kier alpha value is -3.22. The molecular formula is C25H30O7. The molecule has 32 heavy (non-hydrogen) atoms. The number of rotatable bonds is 10. The first-order valence-corrected chi connectivity index (χ1v) is 10.7. The zero-order chi connectivity index (χ0) is 23.1. The fourth-order valence-corrected chi connectivity index (χ4v) is 3.92. The maximum atomic E-state index is 12.5. The molecule has 0 radical (unpaired) electrons. The van der Waals surface area contributed by atoms with Crippen molar-refractivity contribution in [3.05, 3.63) is 47.5 Å². The molecule has 0 amide bonds. The summed E-state index contributed by atoms with van der Waals surface area (Å²) in [5.41, 5.74) is 1.96. The van der Waals surface area contributed by atoms with Crippen LogP contribution in [-0.2, 0) is 27.2 Å². The first-order valence-electron chi connectivity index (χ1n) is 10.7. The van der Waals surface area contributed by atoms with Gasteiger partial charge in [0.1, 0.15) is 0 Å². The molecule has 1 fully saturated rings. The Kier molecular flexibility index (Phi) is 7.98. The van der Waals surface area contributed by atoms with Gasteiger partial charge in [-0.1, -0.05) is 19.1 Å². The van der Waals surface area contributed by atoms with Gasteiger partial charge in [-0.25, -0.2) is 0 Å². The van der Waals surface area contributed by atoms with Gasteiger partial charge in [-0.3, -0.25) is 9.59 Å². The second-order valence-electron chi connectivity index (χ2n) is 7.80. The fraction of sp³-hybridized carbons (Fsp3) is 0.440. The predicted molar refractivity (Wildman–Crippen MR) is 118 cm³/mol. The Labute approximate surface area is 188 Å². The Balaban J connectivity index is 1.74. The third-order valence-corrected chi connectivity index (χ3v) is 5.62. The Morgan fingerprint density at radius 1 is 0.906 bits per heavy atom. The smallest absolute Gasteiger partial charge is 0.311 e. The molecule has 2 atom stereocenters. The predicted octanol–water partition coefficient (Wildman–Crippen LogP) is 3.99. The summed E-state index contributed by atoms with van der Waals surface area (Å²) >= 11 is 0. The molecule has 7 nitrogen and oxygen atoms in total. The van der Waals surface area contributed by atoms with Crippen molar-refractivity contribution < 1.29 is 33.3 Å². The van der Waals surface area contributed by atoms with Gasteiger partial charge in [-0.15, -0.1) is 0 Å². The minimum Gasteiger partial charge on any atom is -0.493 e. The first-order chi connectivity index (χ1) is 15.5. The molecule has 1 saturated heterocycles. The number of ether oxygens (including phenoxy) is 5. The van der Waals surface area contributed by atoms with E-state index in [1.807, 2.05) is 37.3 Å². The van der Waals surface area contributed by atoms with E-state index in [0.29, 0.717) is 55.3 Å². The van der Waals surface area contributed by atoms with Gasteiger partial charge in [0.25, 0.3) is 0 Å². The molecule has 3 rings (SSSR count). The third kappa shape index (κ3) is 5.52. The van der Waals surface area contributed by atoms with Gasteiger partial charge in [0.2, 0.25) is 0 Å². The largest absolute Gasteiger partial charge is 0.493 e. The summed E-state index contributed by atoms with van der Waals surface area (Å²) in [6.45, 7) is 2.29. The number of hydrogen-bond donors (Lipinski definition) is 0. The van der Waals surface area contributed by atoms with Gasteiger partial charge in [0, 0.05) is 12.3 Å². The number of benzene rings is 2. The van der Waals surface area contributed by atoms with Crippen molar-refractivity contribution >= 4 is 11.9 Å². The van der Waals surface area contributed by atoms with Crippen molar-refractivity contribution in [2.24, 2.45) is 11.8 Å². The summed E-state index contributed by atoms with van der Waals surface area (Å²) in [4.78, 5) is 24.3. The molecule has 0 saturated carbocycles. The molecular weight excluding hydrogens is 412 g/mol. The average molecular weight is 443 g/mol. The van der Waals surface area contributed by atoms with Crippen molar-refractivity contribution in [1.29, 1.82) is 0 Å². The van der Waals surface area contributed by atoms with Crippen LogP contribution >= 0.6 is 0 Å². The lowest BCUT2D eigenvalue weighted by atomic mass is 9.85. The number of carbonyl (C=O) groups is 2. The lowest BCUT2D eigenvalue weighted by molar-refractivity contribution is -0.141. The van der Waals surface area contributed by atoms with Gasteiger partial charge in [0.05, 0.1) is 33.9 Å². The highest BCUT2D eigenvalue weighted by molar-refractivity contribution is 5.75. The summed E-state index contributed by atoms with van der Waals surface area (Å²) in [6.07, 6.45) is 2.25. The molecule has 0 N–H and O–H groups in total. The van der Waals surface area contributed by atoms with Gasteiger partial charge in [-0.05, 0) is 54.7 Å². The van der Waals surface area contributed by atoms with Crippen LogP contribution in [0.3, 0.4) is 0 Å². The van der Waals surface area contributed by atoms with E-state index in [2.05, 4.69) is 0 Å². The number of esters is 2. The van der Waals surface area contributed by atoms with Crippen LogP contribution in [0.5, 0.6) is 23.0 Å². The van der Waals surface area contributed by atoms with Gasteiger partial charge < -0.3 is 23.7 Å². The lowest BCUT2D eigenvalue weighted by Gasteiger charge is -2.17. The van der Waals surface area contributed by atoms with Crippen molar-refractivity contribution in [2.75, 3.05) is 27.9 Å². The minimum absolute atomic E-state index is 0.0358. The standard InChI is InChI=1S/C25H30O7/c1-5-6-24(26)32-21-10-8-17(14-23(21)30-4)12-19-18(15-31-25(19)27)11-16-7-9-20(28-2)22(13-16)29-3/h7-10,13-14,18-19H,5-6,11-12,15H2,1-4H3/t18-,19+/m0/s1. The zero-order valence-corrected chi connectivity index (χ0v) is 19.0. The topological polar surface area (TPSA) is 80.3 Å². The minimum atomic E-state index is -0.298. The molecule has 0 spiro atoms. The highest BCUT2D eigenvalue weighted by Crippen LogP contribution is 2.35. The number of carbonyl (C=O) groups excluding carboxylic acids is 2. The Morgan fingerprint density at radius 2 is 1.50 bits per heavy atom. The first kappa shape index (κ1) is 23.4. The van der Waals surface area contributed by atoms with Crippen LogP contribution in [0.1, 0.15) is 30.9 Å². The van der Waals surface area contributed by atoms with Crippen molar-refractivity contribution in [3.63, 3.8) is 0 Å². The van der Waals surface area contributed by atoms with Crippen molar-refractivity contribution in [1.82, 2.24) is 0 Å². The Morgan fingerprint density at radius 3 is 2.12 bits per heavy atom. The molecule has 1 aliphatic rings. The fourth-order valence-electron chi connectivity index (χ4n) is 3.92. The van der Waals surface area contributed by atoms with Crippen molar-refractivity contribution in [2.45, 2.75) is 32.6 Å². The van der Waals surface area contributed by atoms with Crippen LogP contribution in [-0.4, -0.2) is 39.9 Å². The maximum Gasteiger partial charge on any atom is 0.311 e. The quantitative estimate of drug-likeness (QED) is 0.406. The number of hydrogen-bond acceptors (Lipinski definition) is 7. The van der Waals surface area contributed by atoms with Gasteiger partial charge >= 0.3 is 11.9 Å². The van der Waals surface area contributed by atoms with Crippen LogP contribution in [0.2, 0.25) is 0 Å². The molecule has 7 heteroatoms. The van der Waals surface area contributed by atoms with E-state index < -0.39 is 0 Å². The van der Waals surface area contributed by atoms with E-state index >= 15 is 0 Å². The van der Waals surface area contributed by atoms with E-state index in [4.69, 9.17) is 23.7 Å². The van der Waals surface area contributed by atoms with Crippen molar-refractivity contribution in [3.8, 4) is 23.0 Å².